The first-order valence-corrected chi connectivity index (χ1v) is 12.3. The molecule has 178 valence electrons. The predicted molar refractivity (Wildman–Crippen MR) is 139 cm³/mol. The quantitative estimate of drug-likeness (QED) is 0.286. The van der Waals surface area contributed by atoms with Crippen LogP contribution in [0.5, 0.6) is 11.5 Å². The molecule has 1 aromatic heterocycles. The van der Waals surface area contributed by atoms with Gasteiger partial charge < -0.3 is 13.9 Å². The van der Waals surface area contributed by atoms with E-state index >= 15 is 0 Å². The molecule has 0 bridgehead atoms. The maximum Gasteiger partial charge on any atom is 0.295 e. The van der Waals surface area contributed by atoms with Crippen LogP contribution in [0, 0.1) is 6.92 Å². The van der Waals surface area contributed by atoms with Gasteiger partial charge in [0.05, 0.1) is 30.2 Å². The smallest absolute Gasteiger partial charge is 0.295 e. The van der Waals surface area contributed by atoms with E-state index in [1.54, 1.807) is 23.1 Å². The molecule has 1 amide bonds. The van der Waals surface area contributed by atoms with E-state index in [0.29, 0.717) is 46.9 Å². The largest absolute Gasteiger partial charge is 0.490 e. The van der Waals surface area contributed by atoms with Crippen LogP contribution in [0.4, 0.5) is 5.69 Å². The molecule has 4 aromatic rings. The molecule has 35 heavy (non-hydrogen) atoms. The first kappa shape index (κ1) is 23.2. The molecule has 7 heteroatoms. The van der Waals surface area contributed by atoms with Crippen molar-refractivity contribution in [3.63, 3.8) is 0 Å². The molecule has 0 fully saturated rings. The summed E-state index contributed by atoms with van der Waals surface area (Å²) in [6.45, 7) is 6.73. The zero-order valence-electron chi connectivity index (χ0n) is 19.6. The van der Waals surface area contributed by atoms with Gasteiger partial charge >= 0.3 is 0 Å². The number of hydrogen-bond donors (Lipinski definition) is 0. The number of nitrogens with zero attached hydrogens (tertiary/aromatic N) is 1. The molecule has 6 nitrogen and oxygen atoms in total. The van der Waals surface area contributed by atoms with Crippen molar-refractivity contribution in [1.82, 2.24) is 0 Å². The molecule has 1 unspecified atom stereocenters. The van der Waals surface area contributed by atoms with Crippen molar-refractivity contribution in [1.29, 1.82) is 0 Å². The van der Waals surface area contributed by atoms with Crippen molar-refractivity contribution in [2.24, 2.45) is 0 Å². The Morgan fingerprint density at radius 3 is 2.34 bits per heavy atom. The maximum absolute atomic E-state index is 13.8. The van der Waals surface area contributed by atoms with E-state index < -0.39 is 6.04 Å². The van der Waals surface area contributed by atoms with Gasteiger partial charge in [0.25, 0.3) is 5.91 Å². The minimum atomic E-state index is -0.685. The van der Waals surface area contributed by atoms with E-state index in [2.05, 4.69) is 15.9 Å². The summed E-state index contributed by atoms with van der Waals surface area (Å²) in [5, 5.41) is 0.414. The van der Waals surface area contributed by atoms with Gasteiger partial charge in [-0.3, -0.25) is 14.5 Å². The van der Waals surface area contributed by atoms with Gasteiger partial charge in [0.1, 0.15) is 5.58 Å². The highest BCUT2D eigenvalue weighted by molar-refractivity contribution is 9.10. The van der Waals surface area contributed by atoms with Crippen LogP contribution >= 0.6 is 15.9 Å². The van der Waals surface area contributed by atoms with Crippen molar-refractivity contribution in [3.8, 4) is 11.5 Å². The number of carbonyl (C=O) groups is 1. The zero-order valence-corrected chi connectivity index (χ0v) is 21.2. The van der Waals surface area contributed by atoms with Gasteiger partial charge in [-0.25, -0.2) is 0 Å². The third kappa shape index (κ3) is 4.00. The Balaban J connectivity index is 1.78. The van der Waals surface area contributed by atoms with Crippen LogP contribution in [-0.2, 0) is 0 Å². The highest BCUT2D eigenvalue weighted by atomic mass is 79.9. The van der Waals surface area contributed by atoms with Gasteiger partial charge in [0.2, 0.25) is 5.76 Å². The Kier molecular flexibility index (Phi) is 6.11. The molecule has 0 aliphatic carbocycles. The van der Waals surface area contributed by atoms with Crippen molar-refractivity contribution < 1.29 is 18.7 Å². The number of rotatable bonds is 6. The van der Waals surface area contributed by atoms with Crippen molar-refractivity contribution >= 4 is 38.5 Å². The first-order valence-electron chi connectivity index (χ1n) is 11.5. The lowest BCUT2D eigenvalue weighted by molar-refractivity contribution is 0.0971. The number of hydrogen-bond acceptors (Lipinski definition) is 5. The molecule has 0 radical (unpaired) electrons. The normalized spacial score (nSPS) is 14.9. The molecular formula is C28H24BrNO5. The fraction of sp³-hybridized carbons (Fsp3) is 0.214. The summed E-state index contributed by atoms with van der Waals surface area (Å²) in [6, 6.07) is 17.7. The van der Waals surface area contributed by atoms with E-state index in [1.807, 2.05) is 63.2 Å². The Labute approximate surface area is 211 Å². The summed E-state index contributed by atoms with van der Waals surface area (Å²) >= 11 is 3.44. The van der Waals surface area contributed by atoms with E-state index in [9.17, 15) is 9.59 Å². The standard InChI is InChI=1S/C28H24BrNO5/c1-4-33-22-12-8-17(14-23(22)34-5-2)25-24-26(31)20-15-18(29)9-13-21(20)35-27(24)28(32)30(25)19-10-6-16(3)7-11-19/h6-15,25H,4-5H2,1-3H3. The third-order valence-electron chi connectivity index (χ3n) is 6.03. The number of amides is 1. The van der Waals surface area contributed by atoms with Crippen LogP contribution < -0.4 is 19.8 Å². The molecule has 0 saturated carbocycles. The number of halogens is 1. The molecule has 1 aliphatic rings. The Morgan fingerprint density at radius 1 is 0.914 bits per heavy atom. The molecular weight excluding hydrogens is 510 g/mol. The number of aryl methyl sites for hydroxylation is 1. The lowest BCUT2D eigenvalue weighted by Crippen LogP contribution is -2.29. The molecule has 5 rings (SSSR count). The fourth-order valence-electron chi connectivity index (χ4n) is 4.47. The molecule has 0 spiro atoms. The second-order valence-corrected chi connectivity index (χ2v) is 9.22. The third-order valence-corrected chi connectivity index (χ3v) is 6.52. The van der Waals surface area contributed by atoms with Gasteiger partial charge in [-0.15, -0.1) is 0 Å². The van der Waals surface area contributed by atoms with Crippen LogP contribution in [0.15, 0.2) is 74.3 Å². The second kappa shape index (κ2) is 9.23. The van der Waals surface area contributed by atoms with E-state index in [0.717, 1.165) is 15.6 Å². The minimum absolute atomic E-state index is 0.0576. The van der Waals surface area contributed by atoms with Gasteiger partial charge in [0.15, 0.2) is 16.9 Å². The van der Waals surface area contributed by atoms with Crippen molar-refractivity contribution in [3.05, 3.63) is 97.8 Å². The Morgan fingerprint density at radius 2 is 1.63 bits per heavy atom. The lowest BCUT2D eigenvalue weighted by atomic mass is 9.97. The van der Waals surface area contributed by atoms with Crippen LogP contribution in [0.1, 0.15) is 47.1 Å². The summed E-state index contributed by atoms with van der Waals surface area (Å²) in [6.07, 6.45) is 0. The number of anilines is 1. The molecule has 0 N–H and O–H groups in total. The van der Waals surface area contributed by atoms with Gasteiger partial charge in [-0.2, -0.15) is 0 Å². The summed E-state index contributed by atoms with van der Waals surface area (Å²) in [5.41, 5.74) is 2.92. The molecule has 2 heterocycles. The van der Waals surface area contributed by atoms with E-state index in [-0.39, 0.29) is 17.1 Å². The van der Waals surface area contributed by atoms with E-state index in [1.165, 1.54) is 0 Å². The minimum Gasteiger partial charge on any atom is -0.490 e. The average Bonchev–Trinajstić information content (AvgIpc) is 3.14. The molecule has 1 aliphatic heterocycles. The summed E-state index contributed by atoms with van der Waals surface area (Å²) in [5.74, 6) is 0.869. The molecule has 1 atom stereocenters. The number of ether oxygens (including phenoxy) is 2. The second-order valence-electron chi connectivity index (χ2n) is 8.30. The Hall–Kier alpha value is -3.58. The average molecular weight is 534 g/mol. The predicted octanol–water partition coefficient (Wildman–Crippen LogP) is 6.41. The van der Waals surface area contributed by atoms with Crippen LogP contribution in [0.25, 0.3) is 11.0 Å². The van der Waals surface area contributed by atoms with Gasteiger partial charge in [0, 0.05) is 10.2 Å². The number of fused-ring (bicyclic) bond motifs is 2. The highest BCUT2D eigenvalue weighted by Gasteiger charge is 2.44. The van der Waals surface area contributed by atoms with Crippen LogP contribution in [-0.4, -0.2) is 19.1 Å². The van der Waals surface area contributed by atoms with Gasteiger partial charge in [-0.05, 0) is 68.8 Å². The van der Waals surface area contributed by atoms with Crippen LogP contribution in [0.3, 0.4) is 0 Å². The Bertz CT molecular complexity index is 1490. The van der Waals surface area contributed by atoms with Gasteiger partial charge in [-0.1, -0.05) is 39.7 Å². The SMILES string of the molecule is CCOc1ccc(C2c3c(oc4ccc(Br)cc4c3=O)C(=O)N2c2ccc(C)cc2)cc1OCC. The summed E-state index contributed by atoms with van der Waals surface area (Å²) in [4.78, 5) is 29.2. The number of benzene rings is 3. The summed E-state index contributed by atoms with van der Waals surface area (Å²) < 4.78 is 18.4. The topological polar surface area (TPSA) is 69.0 Å². The van der Waals surface area contributed by atoms with Crippen molar-refractivity contribution in [2.45, 2.75) is 26.8 Å². The highest BCUT2D eigenvalue weighted by Crippen LogP contribution is 2.43. The monoisotopic (exact) mass is 533 g/mol. The summed E-state index contributed by atoms with van der Waals surface area (Å²) in [7, 11) is 0. The lowest BCUT2D eigenvalue weighted by Gasteiger charge is -2.26. The van der Waals surface area contributed by atoms with Crippen LogP contribution in [0.2, 0.25) is 0 Å². The first-order chi connectivity index (χ1) is 16.9. The molecule has 3 aromatic carbocycles. The molecule has 0 saturated heterocycles. The van der Waals surface area contributed by atoms with Crippen molar-refractivity contribution in [2.75, 3.05) is 18.1 Å². The fourth-order valence-corrected chi connectivity index (χ4v) is 4.83. The zero-order chi connectivity index (χ0) is 24.7. The maximum atomic E-state index is 13.8. The number of carbonyl (C=O) groups excluding carboxylic acids is 1. The van der Waals surface area contributed by atoms with E-state index in [4.69, 9.17) is 13.9 Å².